The van der Waals surface area contributed by atoms with Crippen LogP contribution in [0.4, 0.5) is 15.8 Å². The number of nitrogens with one attached hydrogen (secondary N) is 1. The average molecular weight is 261 g/mol. The topological polar surface area (TPSA) is 75.4 Å². The zero-order chi connectivity index (χ0) is 13.2. The van der Waals surface area contributed by atoms with Crippen molar-refractivity contribution in [1.29, 1.82) is 0 Å². The second-order valence-corrected chi connectivity index (χ2v) is 5.69. The van der Waals surface area contributed by atoms with Crippen LogP contribution in [0.2, 0.25) is 0 Å². The molecule has 0 atom stereocenters. The number of anilines is 2. The third kappa shape index (κ3) is 3.31. The molecule has 7 heteroatoms. The molecule has 0 aliphatic rings. The van der Waals surface area contributed by atoms with Gasteiger partial charge in [0.05, 0.1) is 5.69 Å². The van der Waals surface area contributed by atoms with Crippen LogP contribution in [0.25, 0.3) is 0 Å². The van der Waals surface area contributed by atoms with Crippen molar-refractivity contribution in [3.8, 4) is 0 Å². The van der Waals surface area contributed by atoms with Crippen molar-refractivity contribution in [3.63, 3.8) is 0 Å². The molecule has 0 amide bonds. The van der Waals surface area contributed by atoms with E-state index in [4.69, 9.17) is 5.73 Å². The van der Waals surface area contributed by atoms with Gasteiger partial charge in [-0.2, -0.15) is 12.7 Å². The van der Waals surface area contributed by atoms with Crippen LogP contribution in [0, 0.1) is 5.82 Å². The highest BCUT2D eigenvalue weighted by molar-refractivity contribution is 7.90. The van der Waals surface area contributed by atoms with Crippen LogP contribution in [0.3, 0.4) is 0 Å². The van der Waals surface area contributed by atoms with E-state index < -0.39 is 16.0 Å². The molecule has 17 heavy (non-hydrogen) atoms. The summed E-state index contributed by atoms with van der Waals surface area (Å²) in [6.07, 6.45) is 0. The van der Waals surface area contributed by atoms with Crippen molar-refractivity contribution in [3.05, 3.63) is 24.0 Å². The highest BCUT2D eigenvalue weighted by atomic mass is 32.2. The number of benzene rings is 1. The van der Waals surface area contributed by atoms with E-state index in [1.165, 1.54) is 19.2 Å². The van der Waals surface area contributed by atoms with Crippen molar-refractivity contribution in [2.24, 2.45) is 0 Å². The lowest BCUT2D eigenvalue weighted by atomic mass is 10.3. The molecule has 0 radical (unpaired) electrons. The number of nitrogens with two attached hydrogens (primary N) is 1. The van der Waals surface area contributed by atoms with E-state index in [2.05, 4.69) is 4.72 Å². The largest absolute Gasteiger partial charge is 0.399 e. The Balaban J connectivity index is 2.98. The quantitative estimate of drug-likeness (QED) is 0.804. The summed E-state index contributed by atoms with van der Waals surface area (Å²) in [6, 6.07) is 3.56. The highest BCUT2D eigenvalue weighted by Crippen LogP contribution is 2.19. The first-order valence-electron chi connectivity index (χ1n) is 5.05. The predicted octanol–water partition coefficient (Wildman–Crippen LogP) is 1.40. The Morgan fingerprint density at radius 1 is 1.41 bits per heavy atom. The van der Waals surface area contributed by atoms with Crippen LogP contribution >= 0.6 is 0 Å². The zero-order valence-electron chi connectivity index (χ0n) is 9.94. The van der Waals surface area contributed by atoms with E-state index in [0.29, 0.717) is 0 Å². The monoisotopic (exact) mass is 261 g/mol. The van der Waals surface area contributed by atoms with Gasteiger partial charge in [-0.05, 0) is 32.0 Å². The molecule has 0 aliphatic carbocycles. The number of nitrogens with zero attached hydrogens (tertiary/aromatic N) is 1. The number of hydrogen-bond donors (Lipinski definition) is 2. The minimum Gasteiger partial charge on any atom is -0.399 e. The Morgan fingerprint density at radius 2 is 2.00 bits per heavy atom. The van der Waals surface area contributed by atoms with Gasteiger partial charge in [-0.25, -0.2) is 4.39 Å². The minimum atomic E-state index is -3.75. The van der Waals surface area contributed by atoms with Gasteiger partial charge in [0.25, 0.3) is 0 Å². The van der Waals surface area contributed by atoms with Crippen molar-refractivity contribution in [1.82, 2.24) is 4.31 Å². The first kappa shape index (κ1) is 13.7. The summed E-state index contributed by atoms with van der Waals surface area (Å²) in [7, 11) is -2.33. The molecule has 0 saturated carbocycles. The van der Waals surface area contributed by atoms with Crippen molar-refractivity contribution < 1.29 is 12.8 Å². The van der Waals surface area contributed by atoms with Gasteiger partial charge in [-0.1, -0.05) is 0 Å². The normalized spacial score (nSPS) is 12.1. The van der Waals surface area contributed by atoms with Gasteiger partial charge in [0, 0.05) is 18.8 Å². The fourth-order valence-corrected chi connectivity index (χ4v) is 2.25. The SMILES string of the molecule is CC(C)N(C)S(=O)(=O)Nc1ccc(N)cc1F. The number of hydrogen-bond acceptors (Lipinski definition) is 3. The van der Waals surface area contributed by atoms with Crippen LogP contribution < -0.4 is 10.5 Å². The molecule has 1 rings (SSSR count). The van der Waals surface area contributed by atoms with Gasteiger partial charge < -0.3 is 5.73 Å². The molecule has 0 fully saturated rings. The van der Waals surface area contributed by atoms with Gasteiger partial charge in [-0.3, -0.25) is 4.72 Å². The molecule has 0 unspecified atom stereocenters. The minimum absolute atomic E-state index is 0.119. The Kier molecular flexibility index (Phi) is 3.94. The summed E-state index contributed by atoms with van der Waals surface area (Å²) >= 11 is 0. The van der Waals surface area contributed by atoms with E-state index in [-0.39, 0.29) is 17.4 Å². The summed E-state index contributed by atoms with van der Waals surface area (Å²) in [5.41, 5.74) is 5.49. The van der Waals surface area contributed by atoms with Crippen LogP contribution in [0.15, 0.2) is 18.2 Å². The molecule has 0 heterocycles. The van der Waals surface area contributed by atoms with Crippen LogP contribution in [0.5, 0.6) is 0 Å². The lowest BCUT2D eigenvalue weighted by molar-refractivity contribution is 0.414. The summed E-state index contributed by atoms with van der Waals surface area (Å²) in [5.74, 6) is -0.703. The Bertz CT molecular complexity index is 502. The van der Waals surface area contributed by atoms with E-state index in [1.54, 1.807) is 13.8 Å². The third-order valence-corrected chi connectivity index (χ3v) is 4.00. The number of rotatable bonds is 4. The lowest BCUT2D eigenvalue weighted by Gasteiger charge is -2.21. The van der Waals surface area contributed by atoms with Gasteiger partial charge in [-0.15, -0.1) is 0 Å². The van der Waals surface area contributed by atoms with Crippen LogP contribution in [-0.4, -0.2) is 25.8 Å². The second kappa shape index (κ2) is 4.89. The van der Waals surface area contributed by atoms with E-state index >= 15 is 0 Å². The first-order valence-corrected chi connectivity index (χ1v) is 6.49. The van der Waals surface area contributed by atoms with Gasteiger partial charge in [0.1, 0.15) is 5.82 Å². The highest BCUT2D eigenvalue weighted by Gasteiger charge is 2.21. The maximum atomic E-state index is 13.4. The molecular formula is C10H16FN3O2S. The Hall–Kier alpha value is -1.34. The molecule has 0 spiro atoms. The summed E-state index contributed by atoms with van der Waals surface area (Å²) in [5, 5.41) is 0. The number of halogens is 1. The molecule has 3 N–H and O–H groups in total. The maximum Gasteiger partial charge on any atom is 0.301 e. The summed E-state index contributed by atoms with van der Waals surface area (Å²) < 4.78 is 40.3. The lowest BCUT2D eigenvalue weighted by Crippen LogP contribution is -2.37. The molecule has 5 nitrogen and oxygen atoms in total. The predicted molar refractivity (Wildman–Crippen MR) is 66.3 cm³/mol. The summed E-state index contributed by atoms with van der Waals surface area (Å²) in [4.78, 5) is 0. The van der Waals surface area contributed by atoms with E-state index in [0.717, 1.165) is 10.4 Å². The fraction of sp³-hybridized carbons (Fsp3) is 0.400. The van der Waals surface area contributed by atoms with E-state index in [1.807, 2.05) is 0 Å². The molecule has 0 aliphatic heterocycles. The van der Waals surface area contributed by atoms with Crippen LogP contribution in [-0.2, 0) is 10.2 Å². The molecule has 0 saturated heterocycles. The third-order valence-electron chi connectivity index (χ3n) is 2.34. The van der Waals surface area contributed by atoms with Gasteiger partial charge in [0.15, 0.2) is 0 Å². The average Bonchev–Trinajstić information content (AvgIpc) is 2.21. The van der Waals surface area contributed by atoms with Crippen molar-refractivity contribution >= 4 is 21.6 Å². The van der Waals surface area contributed by atoms with Crippen LogP contribution in [0.1, 0.15) is 13.8 Å². The maximum absolute atomic E-state index is 13.4. The standard InChI is InChI=1S/C10H16FN3O2S/c1-7(2)14(3)17(15,16)13-10-5-4-8(12)6-9(10)11/h4-7,13H,12H2,1-3H3. The van der Waals surface area contributed by atoms with Gasteiger partial charge >= 0.3 is 10.2 Å². The molecule has 1 aromatic rings. The number of nitrogen functional groups attached to an aromatic ring is 1. The van der Waals surface area contributed by atoms with Gasteiger partial charge in [0.2, 0.25) is 0 Å². The van der Waals surface area contributed by atoms with Crippen molar-refractivity contribution in [2.45, 2.75) is 19.9 Å². The van der Waals surface area contributed by atoms with Crippen molar-refractivity contribution in [2.75, 3.05) is 17.5 Å². The Labute approximate surface area is 101 Å². The molecular weight excluding hydrogens is 245 g/mol. The first-order chi connectivity index (χ1) is 7.74. The molecule has 96 valence electrons. The summed E-state index contributed by atoms with van der Waals surface area (Å²) in [6.45, 7) is 3.44. The fourth-order valence-electron chi connectivity index (χ4n) is 1.10. The smallest absolute Gasteiger partial charge is 0.301 e. The second-order valence-electron chi connectivity index (χ2n) is 3.96. The Morgan fingerprint density at radius 3 is 2.47 bits per heavy atom. The van der Waals surface area contributed by atoms with E-state index in [9.17, 15) is 12.8 Å². The molecule has 0 bridgehead atoms. The zero-order valence-corrected chi connectivity index (χ0v) is 10.8. The molecule has 0 aromatic heterocycles. The molecule has 1 aromatic carbocycles.